The molecule has 0 saturated carbocycles. The molecule has 0 aromatic heterocycles. The van der Waals surface area contributed by atoms with Crippen molar-refractivity contribution in [1.29, 1.82) is 0 Å². The Labute approximate surface area is 115 Å². The van der Waals surface area contributed by atoms with E-state index in [9.17, 15) is 4.79 Å². The molecule has 1 atom stereocenters. The molecule has 4 nitrogen and oxygen atoms in total. The molecule has 0 heterocycles. The molecule has 1 amide bonds. The minimum atomic E-state index is 0.00331. The summed E-state index contributed by atoms with van der Waals surface area (Å²) in [7, 11) is 1.64. The minimum absolute atomic E-state index is 0.00331. The quantitative estimate of drug-likeness (QED) is 0.737. The summed E-state index contributed by atoms with van der Waals surface area (Å²) in [6.07, 6.45) is 0. The lowest BCUT2D eigenvalue weighted by Gasteiger charge is -2.17. The van der Waals surface area contributed by atoms with Crippen molar-refractivity contribution >= 4 is 5.91 Å². The highest BCUT2D eigenvalue weighted by Crippen LogP contribution is 2.18. The largest absolute Gasteiger partial charge is 0.383 e. The second-order valence-electron chi connectivity index (χ2n) is 4.82. The molecular weight excluding hydrogens is 240 g/mol. The van der Waals surface area contributed by atoms with E-state index in [0.717, 1.165) is 5.56 Å². The molecule has 0 bridgehead atoms. The number of benzene rings is 1. The van der Waals surface area contributed by atoms with Crippen molar-refractivity contribution in [3.63, 3.8) is 0 Å². The van der Waals surface area contributed by atoms with Crippen LogP contribution in [0.15, 0.2) is 18.2 Å². The van der Waals surface area contributed by atoms with Crippen molar-refractivity contribution in [1.82, 2.24) is 10.6 Å². The Balaban J connectivity index is 2.45. The van der Waals surface area contributed by atoms with Gasteiger partial charge in [-0.15, -0.1) is 0 Å². The summed E-state index contributed by atoms with van der Waals surface area (Å²) in [5.41, 5.74) is 3.61. The molecule has 1 rings (SSSR count). The lowest BCUT2D eigenvalue weighted by Crippen LogP contribution is -2.36. The Kier molecular flexibility index (Phi) is 6.53. The third kappa shape index (κ3) is 5.41. The van der Waals surface area contributed by atoms with E-state index in [4.69, 9.17) is 4.74 Å². The summed E-state index contributed by atoms with van der Waals surface area (Å²) in [6, 6.07) is 6.31. The molecule has 0 spiro atoms. The number of ether oxygens (including phenoxy) is 1. The zero-order chi connectivity index (χ0) is 14.3. The summed E-state index contributed by atoms with van der Waals surface area (Å²) in [5, 5.41) is 6.02. The Morgan fingerprint density at radius 3 is 2.74 bits per heavy atom. The van der Waals surface area contributed by atoms with Crippen LogP contribution in [0.3, 0.4) is 0 Å². The van der Waals surface area contributed by atoms with E-state index in [1.54, 1.807) is 7.11 Å². The molecule has 0 saturated heterocycles. The van der Waals surface area contributed by atoms with Crippen LogP contribution in [-0.4, -0.2) is 32.7 Å². The second-order valence-corrected chi connectivity index (χ2v) is 4.82. The topological polar surface area (TPSA) is 50.4 Å². The van der Waals surface area contributed by atoms with Crippen LogP contribution in [0.25, 0.3) is 0 Å². The fourth-order valence-electron chi connectivity index (χ4n) is 2.06. The summed E-state index contributed by atoms with van der Waals surface area (Å²) in [4.78, 5) is 11.8. The van der Waals surface area contributed by atoms with Crippen molar-refractivity contribution in [2.75, 3.05) is 26.8 Å². The van der Waals surface area contributed by atoms with Gasteiger partial charge in [-0.05, 0) is 31.9 Å². The maximum absolute atomic E-state index is 11.8. The van der Waals surface area contributed by atoms with Crippen LogP contribution in [0, 0.1) is 13.8 Å². The molecular formula is C15H24N2O2. The maximum Gasteiger partial charge on any atom is 0.234 e. The van der Waals surface area contributed by atoms with Crippen LogP contribution >= 0.6 is 0 Å². The zero-order valence-corrected chi connectivity index (χ0v) is 12.2. The standard InChI is InChI=1S/C15H24N2O2/c1-11-5-6-14(12(2)9-11)13(3)17-15(18)10-16-7-8-19-4/h5-6,9,13,16H,7-8,10H2,1-4H3,(H,17,18). The number of methoxy groups -OCH3 is 1. The van der Waals surface area contributed by atoms with Gasteiger partial charge in [-0.1, -0.05) is 23.8 Å². The van der Waals surface area contributed by atoms with E-state index in [0.29, 0.717) is 19.7 Å². The number of carbonyl (C=O) groups excluding carboxylic acids is 1. The molecule has 0 aliphatic heterocycles. The van der Waals surface area contributed by atoms with Crippen LogP contribution in [0.4, 0.5) is 0 Å². The number of amides is 1. The first-order valence-electron chi connectivity index (χ1n) is 6.60. The van der Waals surface area contributed by atoms with Crippen LogP contribution < -0.4 is 10.6 Å². The molecule has 0 radical (unpaired) electrons. The fourth-order valence-corrected chi connectivity index (χ4v) is 2.06. The zero-order valence-electron chi connectivity index (χ0n) is 12.2. The van der Waals surface area contributed by atoms with Crippen LogP contribution in [0.1, 0.15) is 29.7 Å². The first-order valence-corrected chi connectivity index (χ1v) is 6.60. The highest BCUT2D eigenvalue weighted by atomic mass is 16.5. The summed E-state index contributed by atoms with van der Waals surface area (Å²) in [6.45, 7) is 7.76. The normalized spacial score (nSPS) is 12.2. The van der Waals surface area contributed by atoms with Gasteiger partial charge in [-0.3, -0.25) is 4.79 Å². The van der Waals surface area contributed by atoms with Crippen LogP contribution in [0.5, 0.6) is 0 Å². The second kappa shape index (κ2) is 7.92. The Bertz CT molecular complexity index is 419. The third-order valence-corrected chi connectivity index (χ3v) is 3.04. The molecule has 19 heavy (non-hydrogen) atoms. The lowest BCUT2D eigenvalue weighted by atomic mass is 10.0. The number of nitrogens with one attached hydrogen (secondary N) is 2. The highest BCUT2D eigenvalue weighted by Gasteiger charge is 2.11. The van der Waals surface area contributed by atoms with Crippen molar-refractivity contribution in [2.24, 2.45) is 0 Å². The molecule has 4 heteroatoms. The Morgan fingerprint density at radius 1 is 1.37 bits per heavy atom. The van der Waals surface area contributed by atoms with E-state index in [-0.39, 0.29) is 11.9 Å². The molecule has 0 fully saturated rings. The van der Waals surface area contributed by atoms with Crippen LogP contribution in [0.2, 0.25) is 0 Å². The van der Waals surface area contributed by atoms with E-state index >= 15 is 0 Å². The van der Waals surface area contributed by atoms with E-state index in [1.165, 1.54) is 11.1 Å². The first kappa shape index (κ1) is 15.7. The number of carbonyl (C=O) groups is 1. The Morgan fingerprint density at radius 2 is 2.11 bits per heavy atom. The number of hydrogen-bond acceptors (Lipinski definition) is 3. The van der Waals surface area contributed by atoms with Gasteiger partial charge in [0, 0.05) is 13.7 Å². The van der Waals surface area contributed by atoms with Gasteiger partial charge in [-0.25, -0.2) is 0 Å². The van der Waals surface area contributed by atoms with Crippen molar-refractivity contribution in [3.05, 3.63) is 34.9 Å². The van der Waals surface area contributed by atoms with Gasteiger partial charge in [0.25, 0.3) is 0 Å². The summed E-state index contributed by atoms with van der Waals surface area (Å²) in [5.74, 6) is 0.00331. The molecule has 1 aromatic carbocycles. The Hall–Kier alpha value is -1.39. The lowest BCUT2D eigenvalue weighted by molar-refractivity contribution is -0.120. The van der Waals surface area contributed by atoms with E-state index in [2.05, 4.69) is 42.7 Å². The van der Waals surface area contributed by atoms with Crippen molar-refractivity contribution in [2.45, 2.75) is 26.8 Å². The van der Waals surface area contributed by atoms with E-state index < -0.39 is 0 Å². The van der Waals surface area contributed by atoms with Crippen molar-refractivity contribution in [3.8, 4) is 0 Å². The molecule has 1 unspecified atom stereocenters. The molecule has 2 N–H and O–H groups in total. The monoisotopic (exact) mass is 264 g/mol. The van der Waals surface area contributed by atoms with Gasteiger partial charge in [0.15, 0.2) is 0 Å². The SMILES string of the molecule is COCCNCC(=O)NC(C)c1ccc(C)cc1C. The van der Waals surface area contributed by atoms with Crippen LogP contribution in [-0.2, 0) is 9.53 Å². The smallest absolute Gasteiger partial charge is 0.234 e. The maximum atomic E-state index is 11.8. The molecule has 1 aromatic rings. The average molecular weight is 264 g/mol. The third-order valence-electron chi connectivity index (χ3n) is 3.04. The molecule has 0 aliphatic rings. The van der Waals surface area contributed by atoms with Gasteiger partial charge >= 0.3 is 0 Å². The number of rotatable bonds is 7. The fraction of sp³-hybridized carbons (Fsp3) is 0.533. The first-order chi connectivity index (χ1) is 9.04. The molecule has 0 aliphatic carbocycles. The highest BCUT2D eigenvalue weighted by molar-refractivity contribution is 5.78. The van der Waals surface area contributed by atoms with E-state index in [1.807, 2.05) is 6.92 Å². The number of hydrogen-bond donors (Lipinski definition) is 2. The summed E-state index contributed by atoms with van der Waals surface area (Å²) >= 11 is 0. The molecule has 106 valence electrons. The van der Waals surface area contributed by atoms with Gasteiger partial charge in [0.1, 0.15) is 0 Å². The minimum Gasteiger partial charge on any atom is -0.383 e. The predicted molar refractivity (Wildman–Crippen MR) is 77.2 cm³/mol. The number of aryl methyl sites for hydroxylation is 2. The predicted octanol–water partition coefficient (Wildman–Crippen LogP) is 1.72. The van der Waals surface area contributed by atoms with Gasteiger partial charge in [0.2, 0.25) is 5.91 Å². The van der Waals surface area contributed by atoms with Gasteiger partial charge in [0.05, 0.1) is 19.2 Å². The van der Waals surface area contributed by atoms with Gasteiger partial charge < -0.3 is 15.4 Å². The van der Waals surface area contributed by atoms with Crippen molar-refractivity contribution < 1.29 is 9.53 Å². The van der Waals surface area contributed by atoms with Gasteiger partial charge in [-0.2, -0.15) is 0 Å². The summed E-state index contributed by atoms with van der Waals surface area (Å²) < 4.78 is 4.91. The average Bonchev–Trinajstić information content (AvgIpc) is 2.34.